The minimum Gasteiger partial charge on any atom is -0.458 e. The monoisotopic (exact) mass is 447 g/mol. The van der Waals surface area contributed by atoms with E-state index in [0.29, 0.717) is 45.3 Å². The lowest BCUT2D eigenvalue weighted by Gasteiger charge is -2.65. The molecule has 4 saturated carbocycles. The average Bonchev–Trinajstić information content (AvgIpc) is 3.28. The Morgan fingerprint density at radius 3 is 2.62 bits per heavy atom. The van der Waals surface area contributed by atoms with Gasteiger partial charge in [0.1, 0.15) is 6.61 Å². The molecule has 5 aliphatic rings. The molecule has 0 saturated heterocycles. The number of ether oxygens (including phenoxy) is 1. The predicted octanol–water partition coefficient (Wildman–Crippen LogP) is 1.76. The van der Waals surface area contributed by atoms with Crippen LogP contribution in [0.4, 0.5) is 0 Å². The van der Waals surface area contributed by atoms with Crippen LogP contribution in [0.15, 0.2) is 16.6 Å². The lowest BCUT2D eigenvalue weighted by Crippen LogP contribution is -2.68. The van der Waals surface area contributed by atoms with Gasteiger partial charge in [-0.1, -0.05) is 6.92 Å². The molecule has 0 aromatic rings. The topological polar surface area (TPSA) is 120 Å². The molecule has 7 nitrogen and oxygen atoms in total. The molecule has 4 aliphatic carbocycles. The van der Waals surface area contributed by atoms with E-state index in [2.05, 4.69) is 11.9 Å². The highest BCUT2D eigenvalue weighted by atomic mass is 16.5. The maximum absolute atomic E-state index is 12.3. The van der Waals surface area contributed by atoms with Crippen LogP contribution < -0.4 is 0 Å². The highest BCUT2D eigenvalue weighted by Crippen LogP contribution is 2.70. The first-order chi connectivity index (χ1) is 15.2. The van der Waals surface area contributed by atoms with Crippen LogP contribution in [0.5, 0.6) is 0 Å². The van der Waals surface area contributed by atoms with Gasteiger partial charge in [0.05, 0.1) is 30.5 Å². The summed E-state index contributed by atoms with van der Waals surface area (Å²) in [5, 5.41) is 43.8. The highest BCUT2D eigenvalue weighted by Gasteiger charge is 2.71. The smallest absolute Gasteiger partial charge is 0.331 e. The number of rotatable bonds is 4. The van der Waals surface area contributed by atoms with Crippen LogP contribution in [-0.2, 0) is 9.53 Å². The fraction of sp³-hybridized carbons (Fsp3) is 0.840. The molecule has 1 heterocycles. The molecule has 0 aromatic heterocycles. The van der Waals surface area contributed by atoms with Crippen molar-refractivity contribution in [2.24, 2.45) is 33.6 Å². The quantitative estimate of drug-likeness (QED) is 0.385. The van der Waals surface area contributed by atoms with E-state index in [1.54, 1.807) is 6.08 Å². The van der Waals surface area contributed by atoms with Gasteiger partial charge in [0.25, 0.3) is 0 Å². The number of carbonyl (C=O) groups excluding carboxylic acids is 1. The van der Waals surface area contributed by atoms with Crippen LogP contribution in [0.1, 0.15) is 64.7 Å². The van der Waals surface area contributed by atoms with Gasteiger partial charge in [-0.25, -0.2) is 4.79 Å². The Balaban J connectivity index is 1.52. The summed E-state index contributed by atoms with van der Waals surface area (Å²) < 4.78 is 5.20. The molecule has 0 spiro atoms. The van der Waals surface area contributed by atoms with Crippen LogP contribution in [0.25, 0.3) is 0 Å². The highest BCUT2D eigenvalue weighted by molar-refractivity contribution is 5.85. The Bertz CT molecular complexity index is 842. The number of aliphatic hydroxyl groups is 4. The van der Waals surface area contributed by atoms with Gasteiger partial charge in [-0.2, -0.15) is 0 Å². The molecule has 0 bridgehead atoms. The first-order valence-electron chi connectivity index (χ1n) is 12.3. The van der Waals surface area contributed by atoms with Gasteiger partial charge >= 0.3 is 5.97 Å². The normalized spacial score (nSPS) is 50.5. The number of esters is 1. The summed E-state index contributed by atoms with van der Waals surface area (Å²) in [7, 11) is 0. The maximum Gasteiger partial charge on any atom is 0.331 e. The summed E-state index contributed by atoms with van der Waals surface area (Å²) in [5.41, 5.74) is -1.82. The molecule has 1 aliphatic heterocycles. The first kappa shape index (κ1) is 22.5. The lowest BCUT2D eigenvalue weighted by atomic mass is 9.41. The van der Waals surface area contributed by atoms with Gasteiger partial charge in [0.2, 0.25) is 0 Å². The Labute approximate surface area is 189 Å². The zero-order valence-corrected chi connectivity index (χ0v) is 19.0. The Morgan fingerprint density at radius 2 is 1.91 bits per heavy atom. The second-order valence-electron chi connectivity index (χ2n) is 11.3. The first-order valence-corrected chi connectivity index (χ1v) is 12.3. The average molecular weight is 448 g/mol. The molecule has 4 fully saturated rings. The van der Waals surface area contributed by atoms with Crippen LogP contribution in [0, 0.1) is 28.6 Å². The van der Waals surface area contributed by atoms with Gasteiger partial charge in [-0.15, -0.1) is 0 Å². The molecule has 7 heteroatoms. The number of aliphatic imine (C=N–C) groups is 1. The SMILES string of the molecule is C[C@]12CC[C@H]3[C@@H](CC[C@]4(O)C[C@@H](O)CC[C@]34C=NCCO)[C@@]1(O)CC[C@@H]2C1=CC(=O)OC1. The molecule has 0 amide bonds. The van der Waals surface area contributed by atoms with Crippen LogP contribution >= 0.6 is 0 Å². The predicted molar refractivity (Wildman–Crippen MR) is 118 cm³/mol. The Hall–Kier alpha value is -1.28. The lowest BCUT2D eigenvalue weighted by molar-refractivity contribution is -0.237. The number of cyclic esters (lactones) is 1. The van der Waals surface area contributed by atoms with Crippen LogP contribution in [0.3, 0.4) is 0 Å². The molecule has 0 aromatic carbocycles. The van der Waals surface area contributed by atoms with E-state index in [1.807, 2.05) is 6.21 Å². The van der Waals surface area contributed by atoms with E-state index in [9.17, 15) is 25.2 Å². The number of hydrogen-bond donors (Lipinski definition) is 4. The second kappa shape index (κ2) is 7.62. The summed E-state index contributed by atoms with van der Waals surface area (Å²) in [5.74, 6) is -0.0485. The third-order valence-electron chi connectivity index (χ3n) is 10.2. The second-order valence-corrected chi connectivity index (χ2v) is 11.3. The summed E-state index contributed by atoms with van der Waals surface area (Å²) in [4.78, 5) is 16.2. The van der Waals surface area contributed by atoms with Crippen molar-refractivity contribution in [3.05, 3.63) is 11.6 Å². The molecule has 0 unspecified atom stereocenters. The number of aliphatic hydroxyl groups excluding tert-OH is 2. The van der Waals surface area contributed by atoms with Gasteiger partial charge in [-0.3, -0.25) is 4.99 Å². The van der Waals surface area contributed by atoms with E-state index >= 15 is 0 Å². The molecule has 32 heavy (non-hydrogen) atoms. The van der Waals surface area contributed by atoms with Crippen molar-refractivity contribution in [2.75, 3.05) is 19.8 Å². The van der Waals surface area contributed by atoms with E-state index < -0.39 is 22.7 Å². The Kier molecular flexibility index (Phi) is 5.36. The summed E-state index contributed by atoms with van der Waals surface area (Å²) in [6.45, 7) is 2.77. The fourth-order valence-electron chi connectivity index (χ4n) is 8.65. The minimum atomic E-state index is -1.04. The molecule has 8 atom stereocenters. The van der Waals surface area contributed by atoms with Crippen LogP contribution in [-0.4, -0.2) is 69.7 Å². The van der Waals surface area contributed by atoms with Crippen molar-refractivity contribution in [3.63, 3.8) is 0 Å². The third kappa shape index (κ3) is 2.93. The molecule has 178 valence electrons. The van der Waals surface area contributed by atoms with Crippen LogP contribution in [0.2, 0.25) is 0 Å². The number of fused-ring (bicyclic) bond motifs is 5. The largest absolute Gasteiger partial charge is 0.458 e. The summed E-state index contributed by atoms with van der Waals surface area (Å²) in [6, 6.07) is 0. The molecular weight excluding hydrogens is 410 g/mol. The van der Waals surface area contributed by atoms with Crippen molar-refractivity contribution in [1.29, 1.82) is 0 Å². The van der Waals surface area contributed by atoms with E-state index in [1.165, 1.54) is 0 Å². The van der Waals surface area contributed by atoms with Crippen molar-refractivity contribution in [3.8, 4) is 0 Å². The zero-order valence-electron chi connectivity index (χ0n) is 19.0. The van der Waals surface area contributed by atoms with Gasteiger partial charge in [-0.05, 0) is 74.7 Å². The number of carbonyl (C=O) groups is 1. The zero-order chi connectivity index (χ0) is 22.8. The molecule has 5 rings (SSSR count). The van der Waals surface area contributed by atoms with E-state index in [4.69, 9.17) is 4.74 Å². The molecular formula is C25H37NO6. The number of nitrogens with zero attached hydrogens (tertiary/aromatic N) is 1. The van der Waals surface area contributed by atoms with Crippen molar-refractivity contribution >= 4 is 12.2 Å². The summed E-state index contributed by atoms with van der Waals surface area (Å²) in [6.07, 6.45) is 9.04. The standard InChI is InChI=1S/C25H37NO6/c1-22-6-3-19-20(25(22,31)9-5-18(22)16-12-21(29)32-14-16)4-8-24(30)13-17(28)2-7-23(19,24)15-26-10-11-27/h12,15,17-20,27-28,30-31H,2-11,13-14H2,1H3/t17-,18+,19-,20+,22+,23-,24-,25-/m0/s1. The van der Waals surface area contributed by atoms with E-state index in [-0.39, 0.29) is 35.7 Å². The molecule has 4 N–H and O–H groups in total. The number of hydrogen-bond acceptors (Lipinski definition) is 7. The fourth-order valence-corrected chi connectivity index (χ4v) is 8.65. The van der Waals surface area contributed by atoms with Gasteiger partial charge < -0.3 is 25.2 Å². The minimum absolute atomic E-state index is 0.0287. The van der Waals surface area contributed by atoms with Crippen molar-refractivity contribution < 1.29 is 30.0 Å². The third-order valence-corrected chi connectivity index (χ3v) is 10.2. The molecule has 0 radical (unpaired) electrons. The Morgan fingerprint density at radius 1 is 1.12 bits per heavy atom. The maximum atomic E-state index is 12.3. The van der Waals surface area contributed by atoms with Gasteiger partial charge in [0.15, 0.2) is 0 Å². The van der Waals surface area contributed by atoms with Crippen molar-refractivity contribution in [2.45, 2.75) is 82.0 Å². The van der Waals surface area contributed by atoms with Gasteiger partial charge in [0, 0.05) is 29.5 Å². The van der Waals surface area contributed by atoms with E-state index in [0.717, 1.165) is 31.3 Å². The summed E-state index contributed by atoms with van der Waals surface area (Å²) >= 11 is 0. The van der Waals surface area contributed by atoms with Crippen molar-refractivity contribution in [1.82, 2.24) is 0 Å².